The first kappa shape index (κ1) is 29.9. The Morgan fingerprint density at radius 3 is 0.889 bits per heavy atom. The highest BCUT2D eigenvalue weighted by Crippen LogP contribution is 2.48. The zero-order chi connectivity index (χ0) is 19.3. The van der Waals surface area contributed by atoms with Gasteiger partial charge in [-0.1, -0.05) is 117 Å². The third-order valence-corrected chi connectivity index (χ3v) is 9.15. The second-order valence-electron chi connectivity index (χ2n) is 8.53. The van der Waals surface area contributed by atoms with Gasteiger partial charge in [-0.2, -0.15) is 9.90 Å². The number of hydrogen-bond acceptors (Lipinski definition) is 1. The molecule has 0 aliphatic rings. The SMILES string of the molecule is CCCCCCCCP(=O)(CCCCCCCC)CCCCCCCC.P. The van der Waals surface area contributed by atoms with Gasteiger partial charge in [-0.3, -0.25) is 0 Å². The van der Waals surface area contributed by atoms with Gasteiger partial charge >= 0.3 is 0 Å². The molecule has 1 unspecified atom stereocenters. The molecule has 0 aromatic rings. The molecule has 0 N–H and O–H groups in total. The lowest BCUT2D eigenvalue weighted by Gasteiger charge is -2.18. The van der Waals surface area contributed by atoms with Crippen molar-refractivity contribution in [2.45, 2.75) is 136 Å². The van der Waals surface area contributed by atoms with Crippen molar-refractivity contribution >= 4 is 17.0 Å². The summed E-state index contributed by atoms with van der Waals surface area (Å²) in [6.07, 6.45) is 26.9. The molecule has 0 aromatic heterocycles. The molecule has 0 aromatic carbocycles. The minimum absolute atomic E-state index is 0. The van der Waals surface area contributed by atoms with Gasteiger partial charge in [0, 0.05) is 18.5 Å². The van der Waals surface area contributed by atoms with Crippen molar-refractivity contribution in [1.29, 1.82) is 0 Å². The molecule has 0 aliphatic heterocycles. The first-order valence-corrected chi connectivity index (χ1v) is 14.5. The fourth-order valence-corrected chi connectivity index (χ4v) is 6.95. The molecule has 0 radical (unpaired) electrons. The molecule has 1 atom stereocenters. The van der Waals surface area contributed by atoms with Crippen LogP contribution < -0.4 is 0 Å². The molecule has 1 nitrogen and oxygen atoms in total. The maximum atomic E-state index is 13.5. The molecular weight excluding hydrogens is 366 g/mol. The Bertz CT molecular complexity index is 270. The van der Waals surface area contributed by atoms with Crippen molar-refractivity contribution in [1.82, 2.24) is 0 Å². The van der Waals surface area contributed by atoms with E-state index in [0.717, 1.165) is 18.5 Å². The second-order valence-corrected chi connectivity index (χ2v) is 12.0. The van der Waals surface area contributed by atoms with Crippen LogP contribution in [0.3, 0.4) is 0 Å². The van der Waals surface area contributed by atoms with E-state index in [2.05, 4.69) is 20.8 Å². The summed E-state index contributed by atoms with van der Waals surface area (Å²) in [6, 6.07) is 0. The molecule has 27 heavy (non-hydrogen) atoms. The average molecular weight is 421 g/mol. The minimum atomic E-state index is -1.89. The number of unbranched alkanes of at least 4 members (excludes halogenated alkanes) is 15. The first-order chi connectivity index (χ1) is 12.7. The van der Waals surface area contributed by atoms with Crippen molar-refractivity contribution in [2.24, 2.45) is 0 Å². The smallest absolute Gasteiger partial charge is 0.0877 e. The van der Waals surface area contributed by atoms with Gasteiger partial charge < -0.3 is 4.57 Å². The summed E-state index contributed by atoms with van der Waals surface area (Å²) in [6.45, 7) is 6.82. The van der Waals surface area contributed by atoms with Crippen molar-refractivity contribution in [2.75, 3.05) is 18.5 Å². The van der Waals surface area contributed by atoms with Crippen molar-refractivity contribution in [3.8, 4) is 0 Å². The van der Waals surface area contributed by atoms with Crippen LogP contribution in [0.15, 0.2) is 0 Å². The number of rotatable bonds is 21. The van der Waals surface area contributed by atoms with Crippen LogP contribution in [0.2, 0.25) is 0 Å². The van der Waals surface area contributed by atoms with Crippen molar-refractivity contribution in [3.63, 3.8) is 0 Å². The molecule has 0 heterocycles. The highest BCUT2D eigenvalue weighted by atomic mass is 31.2. The molecule has 0 saturated carbocycles. The van der Waals surface area contributed by atoms with E-state index in [4.69, 9.17) is 0 Å². The van der Waals surface area contributed by atoms with Crippen LogP contribution in [0.1, 0.15) is 136 Å². The maximum absolute atomic E-state index is 13.5. The minimum Gasteiger partial charge on any atom is -0.324 e. The van der Waals surface area contributed by atoms with Gasteiger partial charge in [-0.15, -0.1) is 0 Å². The number of hydrogen-bond donors (Lipinski definition) is 0. The van der Waals surface area contributed by atoms with Gasteiger partial charge in [0.1, 0.15) is 0 Å². The third-order valence-electron chi connectivity index (χ3n) is 5.76. The van der Waals surface area contributed by atoms with E-state index in [-0.39, 0.29) is 9.90 Å². The largest absolute Gasteiger partial charge is 0.324 e. The quantitative estimate of drug-likeness (QED) is 0.133. The molecular formula is C24H54OP2. The molecule has 0 fully saturated rings. The summed E-state index contributed by atoms with van der Waals surface area (Å²) in [5.74, 6) is 0. The fraction of sp³-hybridized carbons (Fsp3) is 1.00. The molecule has 0 aliphatic carbocycles. The maximum Gasteiger partial charge on any atom is 0.0877 e. The van der Waals surface area contributed by atoms with Crippen molar-refractivity contribution in [3.05, 3.63) is 0 Å². The summed E-state index contributed by atoms with van der Waals surface area (Å²) < 4.78 is 13.5. The lowest BCUT2D eigenvalue weighted by molar-refractivity contribution is 0.555. The summed E-state index contributed by atoms with van der Waals surface area (Å²) in [5.41, 5.74) is 0. The zero-order valence-corrected chi connectivity index (χ0v) is 21.7. The average Bonchev–Trinajstić information content (AvgIpc) is 2.64. The van der Waals surface area contributed by atoms with E-state index in [1.165, 1.54) is 116 Å². The van der Waals surface area contributed by atoms with E-state index in [9.17, 15) is 4.57 Å². The molecule has 0 amide bonds. The van der Waals surface area contributed by atoms with Crippen LogP contribution in [0.5, 0.6) is 0 Å². The molecule has 3 heteroatoms. The van der Waals surface area contributed by atoms with Gasteiger partial charge in [0.25, 0.3) is 0 Å². The Labute approximate surface area is 176 Å². The summed E-state index contributed by atoms with van der Waals surface area (Å²) in [7, 11) is -1.89. The summed E-state index contributed by atoms with van der Waals surface area (Å²) in [5, 5.41) is 0. The van der Waals surface area contributed by atoms with Crippen LogP contribution >= 0.6 is 17.0 Å². The molecule has 0 spiro atoms. The third kappa shape index (κ3) is 21.2. The summed E-state index contributed by atoms with van der Waals surface area (Å²) >= 11 is 0. The van der Waals surface area contributed by atoms with Gasteiger partial charge in [-0.25, -0.2) is 0 Å². The van der Waals surface area contributed by atoms with Gasteiger partial charge in [-0.05, 0) is 19.3 Å². The highest BCUT2D eigenvalue weighted by Gasteiger charge is 2.20. The Kier molecular flexibility index (Phi) is 25.4. The Balaban J connectivity index is 0. The fourth-order valence-electron chi connectivity index (χ4n) is 3.88. The van der Waals surface area contributed by atoms with Crippen LogP contribution in [0.25, 0.3) is 0 Å². The van der Waals surface area contributed by atoms with E-state index in [0.29, 0.717) is 0 Å². The standard InChI is InChI=1S/C24H51OP.H3P/c1-4-7-10-13-16-19-22-26(25,23-20-17-14-11-8-5-2)24-21-18-15-12-9-6-3;/h4-24H2,1-3H3;1H3. The Morgan fingerprint density at radius 2 is 0.630 bits per heavy atom. The first-order valence-electron chi connectivity index (χ1n) is 12.3. The predicted molar refractivity (Wildman–Crippen MR) is 133 cm³/mol. The van der Waals surface area contributed by atoms with Crippen LogP contribution in [-0.2, 0) is 4.57 Å². The lowest BCUT2D eigenvalue weighted by atomic mass is 10.1. The van der Waals surface area contributed by atoms with E-state index >= 15 is 0 Å². The Morgan fingerprint density at radius 1 is 0.407 bits per heavy atom. The summed E-state index contributed by atoms with van der Waals surface area (Å²) in [4.78, 5) is 0. The van der Waals surface area contributed by atoms with Gasteiger partial charge in [0.15, 0.2) is 0 Å². The van der Waals surface area contributed by atoms with Crippen LogP contribution in [-0.4, -0.2) is 18.5 Å². The Hall–Kier alpha value is 0.660. The van der Waals surface area contributed by atoms with E-state index in [1.807, 2.05) is 0 Å². The van der Waals surface area contributed by atoms with E-state index < -0.39 is 7.14 Å². The molecule has 0 rings (SSSR count). The highest BCUT2D eigenvalue weighted by molar-refractivity contribution is 7.63. The van der Waals surface area contributed by atoms with Gasteiger partial charge in [0.2, 0.25) is 0 Å². The second kappa shape index (κ2) is 22.9. The monoisotopic (exact) mass is 420 g/mol. The van der Waals surface area contributed by atoms with Crippen LogP contribution in [0.4, 0.5) is 0 Å². The molecule has 166 valence electrons. The topological polar surface area (TPSA) is 17.1 Å². The predicted octanol–water partition coefficient (Wildman–Crippen LogP) is 9.49. The zero-order valence-electron chi connectivity index (χ0n) is 19.4. The molecule has 0 bridgehead atoms. The van der Waals surface area contributed by atoms with Crippen molar-refractivity contribution < 1.29 is 4.57 Å². The normalized spacial score (nSPS) is 11.5. The van der Waals surface area contributed by atoms with Crippen LogP contribution in [0, 0.1) is 0 Å². The molecule has 0 saturated heterocycles. The van der Waals surface area contributed by atoms with Gasteiger partial charge in [0.05, 0.1) is 7.14 Å². The lowest BCUT2D eigenvalue weighted by Crippen LogP contribution is -2.02. The van der Waals surface area contributed by atoms with E-state index in [1.54, 1.807) is 0 Å².